The molecule has 1 amide bonds. The molecule has 0 radical (unpaired) electrons. The molecule has 1 N–H and O–H groups in total. The number of ketones is 1. The Morgan fingerprint density at radius 1 is 1.12 bits per heavy atom. The maximum atomic E-state index is 13.2. The molecule has 1 fully saturated rings. The van der Waals surface area contributed by atoms with Gasteiger partial charge in [-0.2, -0.15) is 0 Å². The summed E-state index contributed by atoms with van der Waals surface area (Å²) in [6, 6.07) is 14.0. The number of aliphatic hydroxyl groups excluding tert-OH is 1. The van der Waals surface area contributed by atoms with Gasteiger partial charge in [0.25, 0.3) is 11.7 Å². The number of likely N-dealkylation sites (tertiary alicyclic amines) is 1. The van der Waals surface area contributed by atoms with E-state index in [0.29, 0.717) is 11.3 Å². The molecule has 6 nitrogen and oxygen atoms in total. The Labute approximate surface area is 192 Å². The Hall–Kier alpha value is -3.80. The monoisotopic (exact) mass is 443 g/mol. The third-order valence-corrected chi connectivity index (χ3v) is 6.37. The van der Waals surface area contributed by atoms with E-state index >= 15 is 0 Å². The molecule has 5 rings (SSSR count). The van der Waals surface area contributed by atoms with Crippen LogP contribution in [0.15, 0.2) is 64.8 Å². The Morgan fingerprint density at radius 2 is 1.94 bits per heavy atom. The normalized spacial score (nSPS) is 21.4. The van der Waals surface area contributed by atoms with Crippen LogP contribution in [0.5, 0.6) is 5.75 Å². The minimum Gasteiger partial charge on any atom is -0.507 e. The van der Waals surface area contributed by atoms with E-state index in [1.807, 2.05) is 45.0 Å². The van der Waals surface area contributed by atoms with E-state index in [-0.39, 0.29) is 24.0 Å². The topological polar surface area (TPSA) is 80.0 Å². The second kappa shape index (κ2) is 7.96. The number of nitrogens with zero attached hydrogens (tertiary/aromatic N) is 1. The number of carbonyl (C=O) groups is 2. The van der Waals surface area contributed by atoms with Gasteiger partial charge in [0.2, 0.25) is 0 Å². The Bertz CT molecular complexity index is 1290. The molecule has 1 saturated heterocycles. The average Bonchev–Trinajstić information content (AvgIpc) is 3.49. The highest BCUT2D eigenvalue weighted by Gasteiger charge is 2.47. The second-order valence-corrected chi connectivity index (χ2v) is 8.83. The Balaban J connectivity index is 1.61. The average molecular weight is 443 g/mol. The lowest BCUT2D eigenvalue weighted by molar-refractivity contribution is -0.140. The van der Waals surface area contributed by atoms with Crippen LogP contribution in [-0.4, -0.2) is 27.8 Å². The van der Waals surface area contributed by atoms with E-state index in [0.717, 1.165) is 34.4 Å². The highest BCUT2D eigenvalue weighted by atomic mass is 16.5. The summed E-state index contributed by atoms with van der Waals surface area (Å²) in [4.78, 5) is 27.8. The van der Waals surface area contributed by atoms with Crippen molar-refractivity contribution in [1.82, 2.24) is 4.90 Å². The van der Waals surface area contributed by atoms with Crippen LogP contribution in [0.1, 0.15) is 46.5 Å². The number of carbonyl (C=O) groups excluding carboxylic acids is 2. The SMILES string of the molecule is Cc1ccc(C)c(CN2C(=O)C(=O)/C(=C(\O)c3ccc4c(c3)CC(C)O4)C2c2ccco2)c1. The minimum atomic E-state index is -0.816. The fraction of sp³-hybridized carbons (Fsp3) is 0.259. The van der Waals surface area contributed by atoms with Gasteiger partial charge in [-0.05, 0) is 67.8 Å². The number of ether oxygens (including phenoxy) is 1. The third kappa shape index (κ3) is 3.61. The van der Waals surface area contributed by atoms with Crippen molar-refractivity contribution >= 4 is 17.4 Å². The largest absolute Gasteiger partial charge is 0.507 e. The summed E-state index contributed by atoms with van der Waals surface area (Å²) in [5.74, 6) is -0.377. The van der Waals surface area contributed by atoms with Crippen molar-refractivity contribution in [3.63, 3.8) is 0 Å². The zero-order valence-corrected chi connectivity index (χ0v) is 18.8. The standard InChI is InChI=1S/C27H25NO5/c1-15-6-7-16(2)20(11-15)14-28-24(22-5-4-10-32-22)23(26(30)27(28)31)25(29)18-8-9-21-19(13-18)12-17(3)33-21/h4-11,13,17,24,29H,12,14H2,1-3H3/b25-23-. The quantitative estimate of drug-likeness (QED) is 0.355. The van der Waals surface area contributed by atoms with Gasteiger partial charge < -0.3 is 19.2 Å². The molecular formula is C27H25NO5. The molecule has 2 aromatic carbocycles. The number of hydrogen-bond acceptors (Lipinski definition) is 5. The van der Waals surface area contributed by atoms with E-state index < -0.39 is 17.7 Å². The van der Waals surface area contributed by atoms with Crippen LogP contribution in [0, 0.1) is 13.8 Å². The van der Waals surface area contributed by atoms with Gasteiger partial charge in [-0.25, -0.2) is 0 Å². The molecular weight excluding hydrogens is 418 g/mol. The molecule has 2 atom stereocenters. The van der Waals surface area contributed by atoms with Gasteiger partial charge in [0.15, 0.2) is 0 Å². The van der Waals surface area contributed by atoms with Gasteiger partial charge in [-0.15, -0.1) is 0 Å². The van der Waals surface area contributed by atoms with Crippen molar-refractivity contribution in [1.29, 1.82) is 0 Å². The molecule has 0 bridgehead atoms. The minimum absolute atomic E-state index is 0.0344. The summed E-state index contributed by atoms with van der Waals surface area (Å²) in [6.45, 7) is 6.17. The van der Waals surface area contributed by atoms with Crippen LogP contribution in [0.3, 0.4) is 0 Å². The lowest BCUT2D eigenvalue weighted by Gasteiger charge is -2.24. The zero-order valence-electron chi connectivity index (χ0n) is 18.8. The maximum Gasteiger partial charge on any atom is 0.296 e. The maximum absolute atomic E-state index is 13.2. The molecule has 2 aliphatic heterocycles. The first-order chi connectivity index (χ1) is 15.8. The number of fused-ring (bicyclic) bond motifs is 1. The van der Waals surface area contributed by atoms with E-state index in [2.05, 4.69) is 0 Å². The van der Waals surface area contributed by atoms with E-state index in [4.69, 9.17) is 9.15 Å². The summed E-state index contributed by atoms with van der Waals surface area (Å²) >= 11 is 0. The van der Waals surface area contributed by atoms with E-state index in [1.165, 1.54) is 11.2 Å². The molecule has 0 aliphatic carbocycles. The molecule has 2 aliphatic rings. The van der Waals surface area contributed by atoms with Crippen molar-refractivity contribution in [2.75, 3.05) is 0 Å². The predicted octanol–water partition coefficient (Wildman–Crippen LogP) is 4.84. The highest BCUT2D eigenvalue weighted by molar-refractivity contribution is 6.46. The van der Waals surface area contributed by atoms with Crippen LogP contribution < -0.4 is 4.74 Å². The first-order valence-electron chi connectivity index (χ1n) is 11.0. The van der Waals surface area contributed by atoms with E-state index in [9.17, 15) is 14.7 Å². The number of furan rings is 1. The predicted molar refractivity (Wildman–Crippen MR) is 123 cm³/mol. The molecule has 3 aromatic rings. The third-order valence-electron chi connectivity index (χ3n) is 6.37. The number of aryl methyl sites for hydroxylation is 2. The van der Waals surface area contributed by atoms with Gasteiger partial charge >= 0.3 is 0 Å². The molecule has 6 heteroatoms. The van der Waals surface area contributed by atoms with Gasteiger partial charge in [-0.1, -0.05) is 23.8 Å². The number of rotatable bonds is 4. The number of aliphatic hydroxyl groups is 1. The van der Waals surface area contributed by atoms with Gasteiger partial charge in [0.1, 0.15) is 29.4 Å². The number of benzene rings is 2. The first-order valence-corrected chi connectivity index (χ1v) is 11.0. The van der Waals surface area contributed by atoms with Gasteiger partial charge in [0.05, 0.1) is 11.8 Å². The molecule has 3 heterocycles. The van der Waals surface area contributed by atoms with Crippen molar-refractivity contribution in [3.05, 3.63) is 93.9 Å². The summed E-state index contributed by atoms with van der Waals surface area (Å²) in [5.41, 5.74) is 4.51. The van der Waals surface area contributed by atoms with Crippen LogP contribution in [0.25, 0.3) is 5.76 Å². The van der Waals surface area contributed by atoms with Crippen LogP contribution >= 0.6 is 0 Å². The van der Waals surface area contributed by atoms with E-state index in [1.54, 1.807) is 24.3 Å². The van der Waals surface area contributed by atoms with Crippen LogP contribution in [0.4, 0.5) is 0 Å². The smallest absolute Gasteiger partial charge is 0.296 e. The zero-order chi connectivity index (χ0) is 23.3. The Kier molecular flexibility index (Phi) is 5.08. The van der Waals surface area contributed by atoms with Crippen molar-refractivity contribution in [2.24, 2.45) is 0 Å². The molecule has 1 aromatic heterocycles. The number of Topliss-reactive ketones (excluding diaryl/α,β-unsaturated/α-hetero) is 1. The number of amides is 1. The Morgan fingerprint density at radius 3 is 2.70 bits per heavy atom. The molecule has 33 heavy (non-hydrogen) atoms. The second-order valence-electron chi connectivity index (χ2n) is 8.83. The number of hydrogen-bond donors (Lipinski definition) is 1. The first kappa shape index (κ1) is 21.1. The molecule has 0 spiro atoms. The van der Waals surface area contributed by atoms with Crippen molar-refractivity contribution < 1.29 is 23.8 Å². The molecule has 2 unspecified atom stereocenters. The fourth-order valence-electron chi connectivity index (χ4n) is 4.66. The summed E-state index contributed by atoms with van der Waals surface area (Å²) in [6.07, 6.45) is 2.28. The summed E-state index contributed by atoms with van der Waals surface area (Å²) in [7, 11) is 0. The van der Waals surface area contributed by atoms with Crippen LogP contribution in [0.2, 0.25) is 0 Å². The van der Waals surface area contributed by atoms with Gasteiger partial charge in [0, 0.05) is 18.5 Å². The molecule has 0 saturated carbocycles. The lowest BCUT2D eigenvalue weighted by Crippen LogP contribution is -2.29. The molecule has 168 valence electrons. The van der Waals surface area contributed by atoms with Gasteiger partial charge in [-0.3, -0.25) is 9.59 Å². The van der Waals surface area contributed by atoms with Crippen molar-refractivity contribution in [3.8, 4) is 5.75 Å². The summed E-state index contributed by atoms with van der Waals surface area (Å²) < 4.78 is 11.4. The highest BCUT2D eigenvalue weighted by Crippen LogP contribution is 2.41. The summed E-state index contributed by atoms with van der Waals surface area (Å²) in [5, 5.41) is 11.3. The van der Waals surface area contributed by atoms with Crippen LogP contribution in [-0.2, 0) is 22.6 Å². The van der Waals surface area contributed by atoms with Crippen molar-refractivity contribution in [2.45, 2.75) is 45.9 Å². The lowest BCUT2D eigenvalue weighted by atomic mass is 9.97. The fourth-order valence-corrected chi connectivity index (χ4v) is 4.66.